The summed E-state index contributed by atoms with van der Waals surface area (Å²) in [5.41, 5.74) is 0. The highest BCUT2D eigenvalue weighted by Crippen LogP contribution is 2.38. The van der Waals surface area contributed by atoms with Gasteiger partial charge in [0.25, 0.3) is 0 Å². The van der Waals surface area contributed by atoms with Crippen LogP contribution in [0.5, 0.6) is 0 Å². The van der Waals surface area contributed by atoms with Crippen molar-refractivity contribution in [2.24, 2.45) is 5.92 Å². The van der Waals surface area contributed by atoms with E-state index in [1.807, 2.05) is 0 Å². The minimum Gasteiger partial charge on any atom is -0.467 e. The summed E-state index contributed by atoms with van der Waals surface area (Å²) in [7, 11) is 3.50. The molecule has 4 heteroatoms. The first kappa shape index (κ1) is 9.94. The van der Waals surface area contributed by atoms with Crippen molar-refractivity contribution in [3.63, 3.8) is 0 Å². The van der Waals surface area contributed by atoms with Gasteiger partial charge in [0.2, 0.25) is 0 Å². The average Bonchev–Trinajstić information content (AvgIpc) is 2.55. The van der Waals surface area contributed by atoms with Gasteiger partial charge in [0.15, 0.2) is 5.34 Å². The van der Waals surface area contributed by atoms with Crippen molar-refractivity contribution in [3.8, 4) is 0 Å². The Kier molecular flexibility index (Phi) is 3.08. The van der Waals surface area contributed by atoms with E-state index < -0.39 is 11.3 Å². The third-order valence-corrected chi connectivity index (χ3v) is 3.20. The number of hydrogen-bond acceptors (Lipinski definition) is 3. The number of aliphatic hydroxyl groups is 1. The van der Waals surface area contributed by atoms with E-state index in [0.717, 1.165) is 25.7 Å². The zero-order valence-electron chi connectivity index (χ0n) is 7.25. The second-order valence-electron chi connectivity index (χ2n) is 3.30. The fraction of sp³-hybridized carbons (Fsp3) is 0.875. The molecule has 1 fully saturated rings. The number of methoxy groups -OCH3 is 1. The minimum atomic E-state index is -1.36. The largest absolute Gasteiger partial charge is 0.467 e. The first-order valence-electron chi connectivity index (χ1n) is 4.18. The summed E-state index contributed by atoms with van der Waals surface area (Å²) in [5.74, 6) is -0.491. The van der Waals surface area contributed by atoms with Crippen molar-refractivity contribution < 1.29 is 14.6 Å². The van der Waals surface area contributed by atoms with Gasteiger partial charge in [0.05, 0.1) is 7.11 Å². The molecular formula is C8H15O3P. The Bertz CT molecular complexity index is 173. The number of rotatable bonds is 2. The lowest BCUT2D eigenvalue weighted by Crippen LogP contribution is -2.39. The summed E-state index contributed by atoms with van der Waals surface area (Å²) < 4.78 is 4.52. The summed E-state index contributed by atoms with van der Waals surface area (Å²) in [6.07, 6.45) is 4.01. The zero-order valence-corrected chi connectivity index (χ0v) is 8.40. The Morgan fingerprint density at radius 3 is 2.50 bits per heavy atom. The first-order chi connectivity index (χ1) is 5.59. The molecule has 12 heavy (non-hydrogen) atoms. The van der Waals surface area contributed by atoms with Crippen molar-refractivity contribution in [2.45, 2.75) is 31.0 Å². The lowest BCUT2D eigenvalue weighted by molar-refractivity contribution is -0.157. The van der Waals surface area contributed by atoms with E-state index in [4.69, 9.17) is 0 Å². The molecule has 0 saturated heterocycles. The van der Waals surface area contributed by atoms with Gasteiger partial charge in [-0.15, -0.1) is 0 Å². The smallest absolute Gasteiger partial charge is 0.341 e. The highest BCUT2D eigenvalue weighted by Gasteiger charge is 2.41. The van der Waals surface area contributed by atoms with E-state index in [2.05, 4.69) is 14.0 Å². The summed E-state index contributed by atoms with van der Waals surface area (Å²) in [4.78, 5) is 11.1. The second kappa shape index (κ2) is 3.71. The van der Waals surface area contributed by atoms with Crippen molar-refractivity contribution in [2.75, 3.05) is 7.11 Å². The van der Waals surface area contributed by atoms with Crippen LogP contribution >= 0.6 is 9.24 Å². The summed E-state index contributed by atoms with van der Waals surface area (Å²) in [5, 5.41) is 8.42. The van der Waals surface area contributed by atoms with E-state index in [1.54, 1.807) is 0 Å². The Hall–Kier alpha value is -0.140. The number of ether oxygens (including phenoxy) is 1. The number of carbonyl (C=O) groups excluding carboxylic acids is 1. The number of hydrogen-bond donors (Lipinski definition) is 1. The Labute approximate surface area is 74.7 Å². The van der Waals surface area contributed by atoms with E-state index in [1.165, 1.54) is 7.11 Å². The third kappa shape index (κ3) is 1.78. The zero-order chi connectivity index (χ0) is 9.19. The maximum Gasteiger partial charge on any atom is 0.341 e. The Morgan fingerprint density at radius 2 is 2.08 bits per heavy atom. The molecule has 70 valence electrons. The predicted molar refractivity (Wildman–Crippen MR) is 48.6 cm³/mol. The molecule has 1 aliphatic carbocycles. The molecule has 1 saturated carbocycles. The van der Waals surface area contributed by atoms with Crippen LogP contribution in [0.25, 0.3) is 0 Å². The van der Waals surface area contributed by atoms with Crippen LogP contribution in [0.2, 0.25) is 0 Å². The van der Waals surface area contributed by atoms with Gasteiger partial charge in [-0.05, 0) is 12.8 Å². The molecule has 0 radical (unpaired) electrons. The summed E-state index contributed by atoms with van der Waals surface area (Å²) in [6.45, 7) is 0. The highest BCUT2D eigenvalue weighted by molar-refractivity contribution is 7.20. The van der Waals surface area contributed by atoms with Crippen LogP contribution < -0.4 is 0 Å². The van der Waals surface area contributed by atoms with Crippen molar-refractivity contribution in [1.82, 2.24) is 0 Å². The lowest BCUT2D eigenvalue weighted by atomic mass is 10.0. The van der Waals surface area contributed by atoms with Gasteiger partial charge >= 0.3 is 5.97 Å². The third-order valence-electron chi connectivity index (χ3n) is 2.49. The maximum atomic E-state index is 11.1. The van der Waals surface area contributed by atoms with E-state index >= 15 is 0 Å². The molecule has 1 N–H and O–H groups in total. The average molecular weight is 190 g/mol. The molecule has 1 aliphatic rings. The topological polar surface area (TPSA) is 46.5 Å². The lowest BCUT2D eigenvalue weighted by Gasteiger charge is -2.26. The van der Waals surface area contributed by atoms with Gasteiger partial charge in [-0.25, -0.2) is 4.79 Å². The molecule has 2 unspecified atom stereocenters. The van der Waals surface area contributed by atoms with Gasteiger partial charge in [-0.1, -0.05) is 22.1 Å². The molecule has 0 bridgehead atoms. The standard InChI is InChI=1S/C8H15O3P/c1-11-7(9)8(10,12)6-4-2-3-5-6/h6,10H,2-5,12H2,1H3. The Morgan fingerprint density at radius 1 is 1.58 bits per heavy atom. The molecule has 0 spiro atoms. The molecule has 0 aromatic heterocycles. The summed E-state index contributed by atoms with van der Waals surface area (Å²) in [6, 6.07) is 0. The van der Waals surface area contributed by atoms with Crippen LogP contribution in [0.15, 0.2) is 0 Å². The van der Waals surface area contributed by atoms with Gasteiger partial charge < -0.3 is 9.84 Å². The number of carbonyl (C=O) groups is 1. The van der Waals surface area contributed by atoms with Gasteiger partial charge in [-0.3, -0.25) is 0 Å². The fourth-order valence-corrected chi connectivity index (χ4v) is 2.15. The normalized spacial score (nSPS) is 23.6. The van der Waals surface area contributed by atoms with E-state index in [-0.39, 0.29) is 5.92 Å². The van der Waals surface area contributed by atoms with Crippen LogP contribution in [0.1, 0.15) is 25.7 Å². The molecule has 0 amide bonds. The van der Waals surface area contributed by atoms with Crippen LogP contribution in [0.3, 0.4) is 0 Å². The van der Waals surface area contributed by atoms with Crippen molar-refractivity contribution in [3.05, 3.63) is 0 Å². The van der Waals surface area contributed by atoms with Gasteiger partial charge in [0, 0.05) is 5.92 Å². The molecule has 2 atom stereocenters. The first-order valence-corrected chi connectivity index (χ1v) is 4.76. The highest BCUT2D eigenvalue weighted by atomic mass is 31.0. The van der Waals surface area contributed by atoms with Crippen molar-refractivity contribution in [1.29, 1.82) is 0 Å². The molecule has 0 heterocycles. The SMILES string of the molecule is COC(=O)C(O)(P)C1CCCC1. The Balaban J connectivity index is 2.62. The second-order valence-corrected chi connectivity index (χ2v) is 4.18. The van der Waals surface area contributed by atoms with Crippen molar-refractivity contribution >= 4 is 15.2 Å². The molecule has 0 aromatic rings. The van der Waals surface area contributed by atoms with E-state index in [9.17, 15) is 9.90 Å². The summed E-state index contributed by atoms with van der Waals surface area (Å²) >= 11 is 0. The minimum absolute atomic E-state index is 0.0509. The fourth-order valence-electron chi connectivity index (χ4n) is 1.70. The van der Waals surface area contributed by atoms with E-state index in [0.29, 0.717) is 0 Å². The monoisotopic (exact) mass is 190 g/mol. The maximum absolute atomic E-state index is 11.1. The molecular weight excluding hydrogens is 175 g/mol. The number of esters is 1. The molecule has 0 aromatic carbocycles. The molecule has 0 aliphatic heterocycles. The predicted octanol–water partition coefficient (Wildman–Crippen LogP) is 0.913. The van der Waals surface area contributed by atoms with Crippen LogP contribution in [0.4, 0.5) is 0 Å². The van der Waals surface area contributed by atoms with Gasteiger partial charge in [0.1, 0.15) is 0 Å². The molecule has 1 rings (SSSR count). The molecule has 3 nitrogen and oxygen atoms in total. The van der Waals surface area contributed by atoms with Crippen LogP contribution in [0, 0.1) is 5.92 Å². The quantitative estimate of drug-likeness (QED) is 0.520. The van der Waals surface area contributed by atoms with Crippen LogP contribution in [-0.4, -0.2) is 23.5 Å². The van der Waals surface area contributed by atoms with Crippen LogP contribution in [-0.2, 0) is 9.53 Å². The van der Waals surface area contributed by atoms with Gasteiger partial charge in [-0.2, -0.15) is 0 Å².